The lowest BCUT2D eigenvalue weighted by Gasteiger charge is -2.31. The van der Waals surface area contributed by atoms with Crippen molar-refractivity contribution in [2.75, 3.05) is 19.6 Å². The molecule has 1 fully saturated rings. The first-order valence-corrected chi connectivity index (χ1v) is 10.0. The van der Waals surface area contributed by atoms with Crippen molar-refractivity contribution in [1.29, 1.82) is 0 Å². The fraction of sp³-hybridized carbons (Fsp3) is 0.409. The Hall–Kier alpha value is -2.73. The molecule has 0 radical (unpaired) electrons. The van der Waals surface area contributed by atoms with Gasteiger partial charge >= 0.3 is 0 Å². The number of carbonyl (C=O) groups is 1. The lowest BCUT2D eigenvalue weighted by molar-refractivity contribution is 0.0916. The van der Waals surface area contributed by atoms with Crippen LogP contribution in [0.2, 0.25) is 0 Å². The van der Waals surface area contributed by atoms with Gasteiger partial charge in [0.05, 0.1) is 11.2 Å². The van der Waals surface area contributed by atoms with Crippen LogP contribution in [0.25, 0.3) is 10.9 Å². The summed E-state index contributed by atoms with van der Waals surface area (Å²) in [5.41, 5.74) is 3.20. The quantitative estimate of drug-likeness (QED) is 0.707. The van der Waals surface area contributed by atoms with Gasteiger partial charge in [-0.05, 0) is 49.6 Å². The molecule has 0 spiro atoms. The third-order valence-corrected chi connectivity index (χ3v) is 5.29. The van der Waals surface area contributed by atoms with E-state index in [9.17, 15) is 4.79 Å². The van der Waals surface area contributed by atoms with E-state index in [-0.39, 0.29) is 5.91 Å². The molecule has 4 rings (SSSR count). The van der Waals surface area contributed by atoms with Crippen molar-refractivity contribution in [3.05, 3.63) is 59.6 Å². The molecule has 6 nitrogen and oxygen atoms in total. The van der Waals surface area contributed by atoms with Crippen molar-refractivity contribution < 1.29 is 9.32 Å². The Balaban J connectivity index is 1.41. The number of fused-ring (bicyclic) bond motifs is 1. The number of nitrogens with zero attached hydrogens (tertiary/aromatic N) is 3. The summed E-state index contributed by atoms with van der Waals surface area (Å²) in [4.78, 5) is 18.9. The summed E-state index contributed by atoms with van der Waals surface area (Å²) in [6.07, 6.45) is 4.91. The number of aromatic nitrogens is 2. The molecular formula is C22H26N4O2. The van der Waals surface area contributed by atoms with Gasteiger partial charge in [0.25, 0.3) is 5.91 Å². The van der Waals surface area contributed by atoms with Gasteiger partial charge in [0, 0.05) is 43.2 Å². The summed E-state index contributed by atoms with van der Waals surface area (Å²) in [6, 6.07) is 12.3. The number of carbonyl (C=O) groups excluding carboxylic acids is 1. The van der Waals surface area contributed by atoms with E-state index in [4.69, 9.17) is 4.52 Å². The predicted octanol–water partition coefficient (Wildman–Crippen LogP) is 3.74. The number of amides is 1. The van der Waals surface area contributed by atoms with E-state index >= 15 is 0 Å². The van der Waals surface area contributed by atoms with Crippen molar-refractivity contribution in [3.63, 3.8) is 0 Å². The maximum Gasteiger partial charge on any atom is 0.289 e. The molecule has 0 unspecified atom stereocenters. The maximum absolute atomic E-state index is 12.1. The van der Waals surface area contributed by atoms with Gasteiger partial charge in [-0.3, -0.25) is 14.7 Å². The predicted molar refractivity (Wildman–Crippen MR) is 108 cm³/mol. The average molecular weight is 378 g/mol. The highest BCUT2D eigenvalue weighted by atomic mass is 16.5. The molecule has 1 amide bonds. The lowest BCUT2D eigenvalue weighted by Crippen LogP contribution is -2.34. The van der Waals surface area contributed by atoms with E-state index in [0.717, 1.165) is 50.1 Å². The standard InChI is InChI=1S/C22H26N4O2/c1-2-9-24-22(27)21-13-20(25-28-21)18-6-4-11-26(15-18)14-16-7-8-19-17(12-16)5-3-10-23-19/h3,5,7-8,10,12-13,18H,2,4,6,9,11,14-15H2,1H3,(H,24,27)/t18-/m0/s1. The van der Waals surface area contributed by atoms with E-state index in [1.165, 1.54) is 10.9 Å². The third kappa shape index (κ3) is 4.22. The largest absolute Gasteiger partial charge is 0.351 e. The van der Waals surface area contributed by atoms with Crippen LogP contribution in [0.3, 0.4) is 0 Å². The molecule has 3 heterocycles. The lowest BCUT2D eigenvalue weighted by atomic mass is 9.94. The molecule has 28 heavy (non-hydrogen) atoms. The summed E-state index contributed by atoms with van der Waals surface area (Å²) in [5.74, 6) is 0.424. The summed E-state index contributed by atoms with van der Waals surface area (Å²) >= 11 is 0. The molecule has 3 aromatic rings. The molecule has 1 aliphatic heterocycles. The van der Waals surface area contributed by atoms with Gasteiger partial charge in [-0.2, -0.15) is 0 Å². The van der Waals surface area contributed by atoms with Crippen LogP contribution >= 0.6 is 0 Å². The highest BCUT2D eigenvalue weighted by Crippen LogP contribution is 2.28. The zero-order valence-corrected chi connectivity index (χ0v) is 16.2. The zero-order valence-electron chi connectivity index (χ0n) is 16.2. The molecule has 1 aliphatic rings. The molecule has 6 heteroatoms. The van der Waals surface area contributed by atoms with Crippen molar-refractivity contribution in [2.45, 2.75) is 38.6 Å². The molecule has 1 N–H and O–H groups in total. The van der Waals surface area contributed by atoms with Gasteiger partial charge in [0.15, 0.2) is 0 Å². The van der Waals surface area contributed by atoms with Crippen LogP contribution in [0.5, 0.6) is 0 Å². The number of piperidine rings is 1. The number of hydrogen-bond donors (Lipinski definition) is 1. The number of pyridine rings is 1. The minimum absolute atomic E-state index is 0.182. The van der Waals surface area contributed by atoms with Crippen LogP contribution in [0.1, 0.15) is 53.9 Å². The first-order chi connectivity index (χ1) is 13.7. The van der Waals surface area contributed by atoms with Crippen LogP contribution in [0.4, 0.5) is 0 Å². The molecule has 2 aromatic heterocycles. The van der Waals surface area contributed by atoms with Gasteiger partial charge in [0.1, 0.15) is 0 Å². The monoisotopic (exact) mass is 378 g/mol. The second-order valence-corrected chi connectivity index (χ2v) is 7.48. The third-order valence-electron chi connectivity index (χ3n) is 5.29. The fourth-order valence-corrected chi connectivity index (χ4v) is 3.84. The highest BCUT2D eigenvalue weighted by Gasteiger charge is 2.25. The Labute approximate surface area is 164 Å². The second-order valence-electron chi connectivity index (χ2n) is 7.48. The van der Waals surface area contributed by atoms with Crippen LogP contribution in [0, 0.1) is 0 Å². The van der Waals surface area contributed by atoms with Crippen LogP contribution in [-0.4, -0.2) is 40.6 Å². The van der Waals surface area contributed by atoms with E-state index in [2.05, 4.69) is 44.6 Å². The summed E-state index contributed by atoms with van der Waals surface area (Å²) in [6.45, 7) is 5.57. The van der Waals surface area contributed by atoms with Gasteiger partial charge < -0.3 is 9.84 Å². The van der Waals surface area contributed by atoms with Crippen molar-refractivity contribution in [3.8, 4) is 0 Å². The number of hydrogen-bond acceptors (Lipinski definition) is 5. The molecule has 0 aliphatic carbocycles. The topological polar surface area (TPSA) is 71.3 Å². The first kappa shape index (κ1) is 18.6. The van der Waals surface area contributed by atoms with E-state index in [1.807, 2.05) is 19.2 Å². The van der Waals surface area contributed by atoms with Crippen molar-refractivity contribution in [1.82, 2.24) is 20.4 Å². The van der Waals surface area contributed by atoms with Gasteiger partial charge in [-0.25, -0.2) is 0 Å². The Morgan fingerprint density at radius 1 is 1.32 bits per heavy atom. The molecule has 1 saturated heterocycles. The molecule has 0 bridgehead atoms. The molecule has 146 valence electrons. The number of benzene rings is 1. The maximum atomic E-state index is 12.1. The van der Waals surface area contributed by atoms with Crippen LogP contribution in [0.15, 0.2) is 47.1 Å². The Morgan fingerprint density at radius 2 is 2.25 bits per heavy atom. The number of nitrogens with one attached hydrogen (secondary N) is 1. The average Bonchev–Trinajstić information content (AvgIpc) is 3.23. The van der Waals surface area contributed by atoms with Crippen LogP contribution < -0.4 is 5.32 Å². The first-order valence-electron chi connectivity index (χ1n) is 10.0. The zero-order chi connectivity index (χ0) is 19.3. The molecule has 1 aromatic carbocycles. The summed E-state index contributed by atoms with van der Waals surface area (Å²) in [7, 11) is 0. The molecule has 0 saturated carbocycles. The molecule has 1 atom stereocenters. The number of rotatable bonds is 6. The second kappa shape index (κ2) is 8.52. The van der Waals surface area contributed by atoms with E-state index in [1.54, 1.807) is 6.07 Å². The Bertz CT molecular complexity index is 952. The highest BCUT2D eigenvalue weighted by molar-refractivity contribution is 5.91. The van der Waals surface area contributed by atoms with Crippen LogP contribution in [-0.2, 0) is 6.54 Å². The van der Waals surface area contributed by atoms with E-state index in [0.29, 0.717) is 18.2 Å². The minimum Gasteiger partial charge on any atom is -0.351 e. The Morgan fingerprint density at radius 3 is 3.14 bits per heavy atom. The fourth-order valence-electron chi connectivity index (χ4n) is 3.84. The SMILES string of the molecule is CCCNC(=O)c1cc([C@H]2CCCN(Cc3ccc4ncccc4c3)C2)no1. The van der Waals surface area contributed by atoms with Gasteiger partial charge in [-0.1, -0.05) is 24.2 Å². The Kier molecular flexibility index (Phi) is 5.67. The van der Waals surface area contributed by atoms with E-state index < -0.39 is 0 Å². The summed E-state index contributed by atoms with van der Waals surface area (Å²) < 4.78 is 5.29. The van der Waals surface area contributed by atoms with Crippen molar-refractivity contribution >= 4 is 16.8 Å². The smallest absolute Gasteiger partial charge is 0.289 e. The minimum atomic E-state index is -0.182. The number of likely N-dealkylation sites (tertiary alicyclic amines) is 1. The summed E-state index contributed by atoms with van der Waals surface area (Å²) in [5, 5.41) is 8.19. The van der Waals surface area contributed by atoms with Crippen molar-refractivity contribution in [2.24, 2.45) is 0 Å². The molecular weight excluding hydrogens is 352 g/mol. The van der Waals surface area contributed by atoms with Gasteiger partial charge in [-0.15, -0.1) is 0 Å². The van der Waals surface area contributed by atoms with Gasteiger partial charge in [0.2, 0.25) is 5.76 Å². The normalized spacial score (nSPS) is 17.7.